The minimum atomic E-state index is -0.228. The largest absolute Gasteiger partial charge is 0.407 e. The quantitative estimate of drug-likeness (QED) is 0.825. The van der Waals surface area contributed by atoms with Gasteiger partial charge in [0.2, 0.25) is 5.89 Å². The lowest BCUT2D eigenvalue weighted by atomic mass is 9.98. The van der Waals surface area contributed by atoms with Gasteiger partial charge in [-0.25, -0.2) is 0 Å². The van der Waals surface area contributed by atoms with Gasteiger partial charge in [0.05, 0.1) is 0 Å². The van der Waals surface area contributed by atoms with E-state index < -0.39 is 0 Å². The van der Waals surface area contributed by atoms with Gasteiger partial charge in [0.25, 0.3) is 0 Å². The number of nitrogens with zero attached hydrogens (tertiary/aromatic N) is 2. The van der Waals surface area contributed by atoms with Gasteiger partial charge in [-0.1, -0.05) is 24.9 Å². The summed E-state index contributed by atoms with van der Waals surface area (Å²) in [5.41, 5.74) is 0. The standard InChI is InChI=1S/C11H18ClN3O/c1-7-4-3-5-9(7)6-13-11-15-14-10(16-11)8(2)12/h7-9H,3-6H2,1-2H3,(H,13,15). The molecule has 1 aliphatic carbocycles. The molecule has 4 nitrogen and oxygen atoms in total. The zero-order chi connectivity index (χ0) is 11.5. The maximum atomic E-state index is 5.84. The summed E-state index contributed by atoms with van der Waals surface area (Å²) in [6.07, 6.45) is 3.96. The summed E-state index contributed by atoms with van der Waals surface area (Å²) in [5.74, 6) is 1.99. The van der Waals surface area contributed by atoms with Crippen LogP contribution < -0.4 is 5.32 Å². The Bertz CT molecular complexity index is 340. The number of anilines is 1. The summed E-state index contributed by atoms with van der Waals surface area (Å²) in [5, 5.41) is 10.7. The van der Waals surface area contributed by atoms with Gasteiger partial charge in [0.15, 0.2) is 0 Å². The highest BCUT2D eigenvalue weighted by Crippen LogP contribution is 2.31. The first-order chi connectivity index (χ1) is 7.66. The van der Waals surface area contributed by atoms with Crippen molar-refractivity contribution in [2.24, 2.45) is 11.8 Å². The van der Waals surface area contributed by atoms with E-state index in [1.807, 2.05) is 6.92 Å². The normalized spacial score (nSPS) is 26.9. The maximum absolute atomic E-state index is 5.84. The van der Waals surface area contributed by atoms with Crippen molar-refractivity contribution in [3.8, 4) is 0 Å². The predicted octanol–water partition coefficient (Wildman–Crippen LogP) is 3.22. The molecular weight excluding hydrogens is 226 g/mol. The third-order valence-corrected chi connectivity index (χ3v) is 3.52. The Labute approximate surface area is 101 Å². The van der Waals surface area contributed by atoms with Gasteiger partial charge in [-0.3, -0.25) is 0 Å². The second-order valence-corrected chi connectivity index (χ2v) is 5.27. The first-order valence-electron chi connectivity index (χ1n) is 5.88. The van der Waals surface area contributed by atoms with E-state index in [0.29, 0.717) is 11.9 Å². The summed E-state index contributed by atoms with van der Waals surface area (Å²) in [4.78, 5) is 0. The number of alkyl halides is 1. The third kappa shape index (κ3) is 2.67. The molecule has 0 radical (unpaired) electrons. The van der Waals surface area contributed by atoms with Crippen LogP contribution in [-0.4, -0.2) is 16.7 Å². The minimum Gasteiger partial charge on any atom is -0.407 e. The van der Waals surface area contributed by atoms with Gasteiger partial charge in [0, 0.05) is 6.54 Å². The van der Waals surface area contributed by atoms with Crippen LogP contribution in [0.15, 0.2) is 4.42 Å². The van der Waals surface area contributed by atoms with Crippen LogP contribution in [0.4, 0.5) is 6.01 Å². The molecule has 0 amide bonds. The lowest BCUT2D eigenvalue weighted by molar-refractivity contribution is 0.430. The summed E-state index contributed by atoms with van der Waals surface area (Å²) >= 11 is 5.84. The van der Waals surface area contributed by atoms with E-state index in [-0.39, 0.29) is 5.38 Å². The smallest absolute Gasteiger partial charge is 0.315 e. The fourth-order valence-electron chi connectivity index (χ4n) is 2.21. The van der Waals surface area contributed by atoms with Crippen molar-refractivity contribution in [3.05, 3.63) is 5.89 Å². The zero-order valence-corrected chi connectivity index (χ0v) is 10.5. The molecule has 90 valence electrons. The molecule has 3 unspecified atom stereocenters. The van der Waals surface area contributed by atoms with Crippen LogP contribution >= 0.6 is 11.6 Å². The van der Waals surface area contributed by atoms with Gasteiger partial charge in [-0.15, -0.1) is 16.7 Å². The summed E-state index contributed by atoms with van der Waals surface area (Å²) in [7, 11) is 0. The maximum Gasteiger partial charge on any atom is 0.315 e. The molecule has 0 bridgehead atoms. The van der Waals surface area contributed by atoms with Crippen molar-refractivity contribution in [1.29, 1.82) is 0 Å². The summed E-state index contributed by atoms with van der Waals surface area (Å²) in [6.45, 7) is 5.04. The molecule has 0 spiro atoms. The van der Waals surface area contributed by atoms with Crippen molar-refractivity contribution in [1.82, 2.24) is 10.2 Å². The van der Waals surface area contributed by atoms with E-state index in [0.717, 1.165) is 18.4 Å². The van der Waals surface area contributed by atoms with E-state index >= 15 is 0 Å². The Morgan fingerprint density at radius 1 is 1.50 bits per heavy atom. The van der Waals surface area contributed by atoms with Crippen molar-refractivity contribution >= 4 is 17.6 Å². The van der Waals surface area contributed by atoms with Crippen LogP contribution in [0.2, 0.25) is 0 Å². The molecule has 0 aliphatic heterocycles. The van der Waals surface area contributed by atoms with Crippen molar-refractivity contribution < 1.29 is 4.42 Å². The predicted molar refractivity (Wildman–Crippen MR) is 63.6 cm³/mol. The van der Waals surface area contributed by atoms with Crippen LogP contribution in [0.1, 0.15) is 44.4 Å². The van der Waals surface area contributed by atoms with Crippen LogP contribution in [0, 0.1) is 11.8 Å². The number of nitrogens with one attached hydrogen (secondary N) is 1. The molecule has 16 heavy (non-hydrogen) atoms. The number of hydrogen-bond donors (Lipinski definition) is 1. The average molecular weight is 244 g/mol. The fourth-order valence-corrected chi connectivity index (χ4v) is 2.30. The van der Waals surface area contributed by atoms with E-state index in [2.05, 4.69) is 22.4 Å². The molecule has 3 atom stereocenters. The lowest BCUT2D eigenvalue weighted by Gasteiger charge is -2.14. The van der Waals surface area contributed by atoms with E-state index in [4.69, 9.17) is 16.0 Å². The van der Waals surface area contributed by atoms with Crippen LogP contribution in [0.5, 0.6) is 0 Å². The molecule has 0 saturated heterocycles. The fraction of sp³-hybridized carbons (Fsp3) is 0.818. The third-order valence-electron chi connectivity index (χ3n) is 3.34. The molecule has 1 fully saturated rings. The number of hydrogen-bond acceptors (Lipinski definition) is 4. The van der Waals surface area contributed by atoms with Gasteiger partial charge in [0.1, 0.15) is 5.38 Å². The molecule has 1 N–H and O–H groups in total. The highest BCUT2D eigenvalue weighted by Gasteiger charge is 2.23. The van der Waals surface area contributed by atoms with Gasteiger partial charge in [-0.05, 0) is 25.2 Å². The Kier molecular flexibility index (Phi) is 3.69. The Morgan fingerprint density at radius 2 is 2.31 bits per heavy atom. The molecule has 2 rings (SSSR count). The second kappa shape index (κ2) is 5.04. The molecule has 1 heterocycles. The first-order valence-corrected chi connectivity index (χ1v) is 6.32. The van der Waals surface area contributed by atoms with Gasteiger partial charge in [-0.2, -0.15) is 0 Å². The van der Waals surface area contributed by atoms with Gasteiger partial charge >= 0.3 is 6.01 Å². The number of halogens is 1. The summed E-state index contributed by atoms with van der Waals surface area (Å²) < 4.78 is 5.37. The number of rotatable bonds is 4. The van der Waals surface area contributed by atoms with Crippen molar-refractivity contribution in [2.75, 3.05) is 11.9 Å². The Balaban J connectivity index is 1.84. The molecule has 1 aromatic rings. The molecule has 1 aromatic heterocycles. The van der Waals surface area contributed by atoms with Crippen LogP contribution in [0.3, 0.4) is 0 Å². The molecule has 0 aromatic carbocycles. The zero-order valence-electron chi connectivity index (χ0n) is 9.74. The Hall–Kier alpha value is -0.770. The molecule has 1 saturated carbocycles. The topological polar surface area (TPSA) is 51.0 Å². The van der Waals surface area contributed by atoms with E-state index in [1.54, 1.807) is 0 Å². The van der Waals surface area contributed by atoms with Crippen molar-refractivity contribution in [2.45, 2.75) is 38.5 Å². The Morgan fingerprint density at radius 3 is 2.88 bits per heavy atom. The first kappa shape index (κ1) is 11.7. The van der Waals surface area contributed by atoms with Gasteiger partial charge < -0.3 is 9.73 Å². The molecular formula is C11H18ClN3O. The molecule has 1 aliphatic rings. The highest BCUT2D eigenvalue weighted by atomic mass is 35.5. The molecule has 5 heteroatoms. The average Bonchev–Trinajstić information content (AvgIpc) is 2.83. The number of aromatic nitrogens is 2. The van der Waals surface area contributed by atoms with E-state index in [9.17, 15) is 0 Å². The summed E-state index contributed by atoms with van der Waals surface area (Å²) in [6, 6.07) is 0.488. The highest BCUT2D eigenvalue weighted by molar-refractivity contribution is 6.20. The van der Waals surface area contributed by atoms with Crippen molar-refractivity contribution in [3.63, 3.8) is 0 Å². The lowest BCUT2D eigenvalue weighted by Crippen LogP contribution is -2.16. The van der Waals surface area contributed by atoms with Crippen LogP contribution in [0.25, 0.3) is 0 Å². The van der Waals surface area contributed by atoms with Crippen LogP contribution in [-0.2, 0) is 0 Å². The second-order valence-electron chi connectivity index (χ2n) is 4.61. The monoisotopic (exact) mass is 243 g/mol. The van der Waals surface area contributed by atoms with E-state index in [1.165, 1.54) is 19.3 Å². The minimum absolute atomic E-state index is 0.228. The SMILES string of the molecule is CC(Cl)c1nnc(NCC2CCCC2C)o1.